The number of imidazole rings is 1. The number of amides is 1. The number of carbonyl (C=O) groups is 1. The van der Waals surface area contributed by atoms with E-state index in [1.165, 1.54) is 6.33 Å². The van der Waals surface area contributed by atoms with Gasteiger partial charge in [0.05, 0.1) is 25.0 Å². The van der Waals surface area contributed by atoms with Crippen molar-refractivity contribution in [2.24, 2.45) is 7.05 Å². The molecule has 0 saturated carbocycles. The number of carbonyl (C=O) groups excluding carboxylic acids is 1. The minimum atomic E-state index is -0.628. The molecule has 1 amide bonds. The molecule has 1 atom stereocenters. The predicted octanol–water partition coefficient (Wildman–Crippen LogP) is 1.57. The lowest BCUT2D eigenvalue weighted by atomic mass is 10.2. The first-order valence-corrected chi connectivity index (χ1v) is 10.3. The standard InChI is InChI=1S/C20H27N7O3/c1-5-15(20(28)26-7-9-29-10-8-26)30-19-16-18(21-12-22-19)25(4)17(24-16)14-11-23-27(6-2)13(14)3/h11-12,15H,5-10H2,1-4H3/t15-/m1/s1. The lowest BCUT2D eigenvalue weighted by molar-refractivity contribution is -0.143. The van der Waals surface area contributed by atoms with E-state index in [1.54, 1.807) is 4.90 Å². The van der Waals surface area contributed by atoms with Crippen LogP contribution < -0.4 is 4.74 Å². The first-order valence-electron chi connectivity index (χ1n) is 10.3. The lowest BCUT2D eigenvalue weighted by Gasteiger charge is -2.29. The lowest BCUT2D eigenvalue weighted by Crippen LogP contribution is -2.47. The number of ether oxygens (including phenoxy) is 2. The topological polar surface area (TPSA) is 100 Å². The van der Waals surface area contributed by atoms with Gasteiger partial charge in [-0.05, 0) is 20.3 Å². The average Bonchev–Trinajstić information content (AvgIpc) is 3.31. The van der Waals surface area contributed by atoms with Gasteiger partial charge in [0, 0.05) is 32.4 Å². The van der Waals surface area contributed by atoms with Crippen molar-refractivity contribution in [1.82, 2.24) is 34.2 Å². The minimum absolute atomic E-state index is 0.0521. The molecule has 0 aromatic carbocycles. The minimum Gasteiger partial charge on any atom is -0.463 e. The van der Waals surface area contributed by atoms with Crippen molar-refractivity contribution in [3.05, 3.63) is 18.2 Å². The van der Waals surface area contributed by atoms with Crippen LogP contribution in [0.1, 0.15) is 26.0 Å². The van der Waals surface area contributed by atoms with Gasteiger partial charge in [-0.3, -0.25) is 9.48 Å². The summed E-state index contributed by atoms with van der Waals surface area (Å²) in [5.74, 6) is 1.000. The van der Waals surface area contributed by atoms with E-state index in [1.807, 2.05) is 43.3 Å². The molecule has 0 unspecified atom stereocenters. The molecule has 0 spiro atoms. The van der Waals surface area contributed by atoms with Crippen molar-refractivity contribution in [1.29, 1.82) is 0 Å². The summed E-state index contributed by atoms with van der Waals surface area (Å²) >= 11 is 0. The Hall–Kier alpha value is -3.01. The molecule has 0 radical (unpaired) electrons. The molecule has 1 aliphatic rings. The highest BCUT2D eigenvalue weighted by Crippen LogP contribution is 2.29. The highest BCUT2D eigenvalue weighted by molar-refractivity contribution is 5.84. The molecule has 0 aliphatic carbocycles. The molecule has 30 heavy (non-hydrogen) atoms. The Labute approximate surface area is 174 Å². The summed E-state index contributed by atoms with van der Waals surface area (Å²) in [6.45, 7) is 9.02. The van der Waals surface area contributed by atoms with Gasteiger partial charge in [0.15, 0.2) is 17.3 Å². The van der Waals surface area contributed by atoms with Gasteiger partial charge >= 0.3 is 0 Å². The zero-order chi connectivity index (χ0) is 21.3. The molecule has 1 aliphatic heterocycles. The van der Waals surface area contributed by atoms with Crippen molar-refractivity contribution in [3.63, 3.8) is 0 Å². The summed E-state index contributed by atoms with van der Waals surface area (Å²) < 4.78 is 15.2. The largest absolute Gasteiger partial charge is 0.463 e. The third-order valence-electron chi connectivity index (χ3n) is 5.49. The SMILES string of the molecule is CC[C@@H](Oc1ncnc2c1nc(-c1cnn(CC)c1C)n2C)C(=O)N1CCOCC1. The smallest absolute Gasteiger partial charge is 0.263 e. The number of rotatable bonds is 6. The molecule has 0 N–H and O–H groups in total. The number of aromatic nitrogens is 6. The van der Waals surface area contributed by atoms with E-state index in [-0.39, 0.29) is 5.91 Å². The van der Waals surface area contributed by atoms with E-state index in [0.717, 1.165) is 23.6 Å². The average molecular weight is 413 g/mol. The summed E-state index contributed by atoms with van der Waals surface area (Å²) in [5, 5.41) is 4.42. The van der Waals surface area contributed by atoms with Gasteiger partial charge < -0.3 is 18.9 Å². The summed E-state index contributed by atoms with van der Waals surface area (Å²) in [7, 11) is 1.90. The second-order valence-corrected chi connectivity index (χ2v) is 7.26. The number of hydrogen-bond acceptors (Lipinski definition) is 7. The van der Waals surface area contributed by atoms with Gasteiger partial charge in [0.2, 0.25) is 5.88 Å². The van der Waals surface area contributed by atoms with E-state index in [2.05, 4.69) is 15.1 Å². The van der Waals surface area contributed by atoms with Crippen LogP contribution in [0.15, 0.2) is 12.5 Å². The van der Waals surface area contributed by atoms with Crippen LogP contribution in [0.2, 0.25) is 0 Å². The van der Waals surface area contributed by atoms with Crippen molar-refractivity contribution in [2.45, 2.75) is 39.8 Å². The monoisotopic (exact) mass is 413 g/mol. The van der Waals surface area contributed by atoms with Crippen LogP contribution >= 0.6 is 0 Å². The Morgan fingerprint density at radius 1 is 1.27 bits per heavy atom. The normalized spacial score (nSPS) is 15.5. The Balaban J connectivity index is 1.67. The van der Waals surface area contributed by atoms with Crippen LogP contribution in [0.25, 0.3) is 22.6 Å². The maximum atomic E-state index is 12.9. The highest BCUT2D eigenvalue weighted by atomic mass is 16.5. The molecule has 3 aromatic rings. The second kappa shape index (κ2) is 8.39. The predicted molar refractivity (Wildman–Crippen MR) is 110 cm³/mol. The maximum Gasteiger partial charge on any atom is 0.263 e. The molecule has 4 heterocycles. The van der Waals surface area contributed by atoms with Crippen molar-refractivity contribution in [3.8, 4) is 17.3 Å². The zero-order valence-corrected chi connectivity index (χ0v) is 17.8. The fourth-order valence-corrected chi connectivity index (χ4v) is 3.72. The summed E-state index contributed by atoms with van der Waals surface area (Å²) in [6.07, 6.45) is 3.16. The van der Waals surface area contributed by atoms with Crippen LogP contribution in [0.5, 0.6) is 5.88 Å². The highest BCUT2D eigenvalue weighted by Gasteiger charge is 2.28. The maximum absolute atomic E-state index is 12.9. The van der Waals surface area contributed by atoms with Crippen LogP contribution in [0.3, 0.4) is 0 Å². The molecule has 1 saturated heterocycles. The van der Waals surface area contributed by atoms with E-state index in [0.29, 0.717) is 49.8 Å². The van der Waals surface area contributed by atoms with Crippen molar-refractivity contribution < 1.29 is 14.3 Å². The van der Waals surface area contributed by atoms with Crippen LogP contribution in [0, 0.1) is 6.92 Å². The molecule has 10 nitrogen and oxygen atoms in total. The quantitative estimate of drug-likeness (QED) is 0.605. The zero-order valence-electron chi connectivity index (χ0n) is 17.8. The fourth-order valence-electron chi connectivity index (χ4n) is 3.72. The third-order valence-corrected chi connectivity index (χ3v) is 5.49. The molecular formula is C20H27N7O3. The van der Waals surface area contributed by atoms with Gasteiger partial charge in [-0.1, -0.05) is 6.92 Å². The van der Waals surface area contributed by atoms with E-state index < -0.39 is 6.10 Å². The molecule has 160 valence electrons. The summed E-state index contributed by atoms with van der Waals surface area (Å²) in [6, 6.07) is 0. The number of hydrogen-bond donors (Lipinski definition) is 0. The molecular weight excluding hydrogens is 386 g/mol. The third kappa shape index (κ3) is 3.51. The Morgan fingerprint density at radius 2 is 2.03 bits per heavy atom. The van der Waals surface area contributed by atoms with Crippen LogP contribution in [-0.2, 0) is 23.1 Å². The Bertz CT molecular complexity index is 1050. The van der Waals surface area contributed by atoms with Crippen LogP contribution in [-0.4, -0.2) is 72.5 Å². The van der Waals surface area contributed by atoms with Gasteiger partial charge in [0.1, 0.15) is 12.2 Å². The van der Waals surface area contributed by atoms with Crippen molar-refractivity contribution in [2.75, 3.05) is 26.3 Å². The van der Waals surface area contributed by atoms with E-state index >= 15 is 0 Å². The Morgan fingerprint density at radius 3 is 2.70 bits per heavy atom. The van der Waals surface area contributed by atoms with Crippen molar-refractivity contribution >= 4 is 17.1 Å². The van der Waals surface area contributed by atoms with Gasteiger partial charge in [-0.2, -0.15) is 10.1 Å². The number of nitrogens with zero attached hydrogens (tertiary/aromatic N) is 7. The molecule has 0 bridgehead atoms. The first-order chi connectivity index (χ1) is 14.5. The van der Waals surface area contributed by atoms with Gasteiger partial charge in [0.25, 0.3) is 5.91 Å². The number of fused-ring (bicyclic) bond motifs is 1. The van der Waals surface area contributed by atoms with E-state index in [9.17, 15) is 4.79 Å². The summed E-state index contributed by atoms with van der Waals surface area (Å²) in [4.78, 5) is 28.1. The first kappa shape index (κ1) is 20.3. The van der Waals surface area contributed by atoms with E-state index in [4.69, 9.17) is 14.5 Å². The van der Waals surface area contributed by atoms with Gasteiger partial charge in [-0.25, -0.2) is 9.97 Å². The fraction of sp³-hybridized carbons (Fsp3) is 0.550. The number of aryl methyl sites for hydroxylation is 2. The molecule has 4 rings (SSSR count). The second-order valence-electron chi connectivity index (χ2n) is 7.26. The number of morpholine rings is 1. The van der Waals surface area contributed by atoms with Gasteiger partial charge in [-0.15, -0.1) is 0 Å². The molecule has 10 heteroatoms. The van der Waals surface area contributed by atoms with Crippen LogP contribution in [0.4, 0.5) is 0 Å². The molecule has 3 aromatic heterocycles. The molecule has 1 fully saturated rings. The Kier molecular flexibility index (Phi) is 5.67. The summed E-state index contributed by atoms with van der Waals surface area (Å²) in [5.41, 5.74) is 3.14.